The molecule has 0 saturated carbocycles. The van der Waals surface area contributed by atoms with E-state index < -0.39 is 0 Å². The molecule has 0 amide bonds. The number of hydrogen-bond acceptors (Lipinski definition) is 3. The summed E-state index contributed by atoms with van der Waals surface area (Å²) in [7, 11) is 0. The first-order valence-corrected chi connectivity index (χ1v) is 8.51. The van der Waals surface area contributed by atoms with Gasteiger partial charge in [-0.3, -0.25) is 9.88 Å². The summed E-state index contributed by atoms with van der Waals surface area (Å²) < 4.78 is 0. The van der Waals surface area contributed by atoms with Gasteiger partial charge in [0.25, 0.3) is 0 Å². The fraction of sp³-hybridized carbons (Fsp3) is 0.722. The second kappa shape index (κ2) is 6.05. The molecular weight excluding hydrogens is 258 g/mol. The monoisotopic (exact) mass is 287 g/mol. The molecular formula is C18H29N3. The highest BCUT2D eigenvalue weighted by Crippen LogP contribution is 2.30. The van der Waals surface area contributed by atoms with E-state index in [-0.39, 0.29) is 0 Å². The molecule has 2 aliphatic rings. The first-order chi connectivity index (χ1) is 10.1. The Hall–Kier alpha value is -0.930. The Morgan fingerprint density at radius 2 is 2.00 bits per heavy atom. The normalized spacial score (nSPS) is 27.6. The average molecular weight is 287 g/mol. The maximum absolute atomic E-state index is 4.66. The summed E-state index contributed by atoms with van der Waals surface area (Å²) >= 11 is 0. The van der Waals surface area contributed by atoms with E-state index in [1.165, 1.54) is 55.6 Å². The second-order valence-electron chi connectivity index (χ2n) is 6.96. The lowest BCUT2D eigenvalue weighted by Gasteiger charge is -2.34. The smallest absolute Gasteiger partial charge is 0.0426 e. The predicted molar refractivity (Wildman–Crippen MR) is 87.6 cm³/mol. The second-order valence-corrected chi connectivity index (χ2v) is 6.96. The molecule has 0 aliphatic carbocycles. The van der Waals surface area contributed by atoms with Gasteiger partial charge in [-0.1, -0.05) is 6.42 Å². The highest BCUT2D eigenvalue weighted by Gasteiger charge is 2.36. The maximum atomic E-state index is 4.66. The first-order valence-electron chi connectivity index (χ1n) is 8.51. The number of hydrogen-bond donors (Lipinski definition) is 1. The number of fused-ring (bicyclic) bond motifs is 1. The highest BCUT2D eigenvalue weighted by atomic mass is 15.2. The van der Waals surface area contributed by atoms with Crippen molar-refractivity contribution in [1.29, 1.82) is 0 Å². The molecule has 21 heavy (non-hydrogen) atoms. The molecule has 1 aromatic rings. The summed E-state index contributed by atoms with van der Waals surface area (Å²) in [4.78, 5) is 7.36. The van der Waals surface area contributed by atoms with E-state index in [0.29, 0.717) is 12.1 Å². The van der Waals surface area contributed by atoms with Gasteiger partial charge in [0.2, 0.25) is 0 Å². The van der Waals surface area contributed by atoms with E-state index >= 15 is 0 Å². The van der Waals surface area contributed by atoms with Gasteiger partial charge in [-0.2, -0.15) is 0 Å². The van der Waals surface area contributed by atoms with Gasteiger partial charge in [-0.05, 0) is 70.7 Å². The summed E-state index contributed by atoms with van der Waals surface area (Å²) in [5.41, 5.74) is 5.08. The van der Waals surface area contributed by atoms with Crippen molar-refractivity contribution in [3.8, 4) is 0 Å². The maximum Gasteiger partial charge on any atom is 0.0426 e. The van der Waals surface area contributed by atoms with Gasteiger partial charge in [0.1, 0.15) is 0 Å². The third kappa shape index (κ3) is 3.00. The van der Waals surface area contributed by atoms with Crippen LogP contribution in [0.4, 0.5) is 0 Å². The Morgan fingerprint density at radius 3 is 2.76 bits per heavy atom. The Labute approximate surface area is 129 Å². The lowest BCUT2D eigenvalue weighted by Crippen LogP contribution is -2.45. The molecule has 3 unspecified atom stereocenters. The van der Waals surface area contributed by atoms with E-state index in [9.17, 15) is 0 Å². The first kappa shape index (κ1) is 15.0. The molecule has 0 spiro atoms. The van der Waals surface area contributed by atoms with Crippen LogP contribution in [0.3, 0.4) is 0 Å². The number of pyridine rings is 1. The van der Waals surface area contributed by atoms with Gasteiger partial charge in [-0.15, -0.1) is 0 Å². The Morgan fingerprint density at radius 1 is 1.19 bits per heavy atom. The summed E-state index contributed by atoms with van der Waals surface area (Å²) in [6.07, 6.45) is 5.46. The molecule has 3 rings (SSSR count). The van der Waals surface area contributed by atoms with Gasteiger partial charge >= 0.3 is 0 Å². The zero-order chi connectivity index (χ0) is 15.0. The molecule has 116 valence electrons. The van der Waals surface area contributed by atoms with Crippen molar-refractivity contribution < 1.29 is 0 Å². The molecule has 3 nitrogen and oxygen atoms in total. The van der Waals surface area contributed by atoms with Crippen LogP contribution in [0.15, 0.2) is 6.07 Å². The molecule has 3 atom stereocenters. The van der Waals surface area contributed by atoms with Crippen LogP contribution in [-0.2, 0) is 0 Å². The summed E-state index contributed by atoms with van der Waals surface area (Å²) in [6, 6.07) is 4.02. The third-order valence-electron chi connectivity index (χ3n) is 5.34. The number of aryl methyl sites for hydroxylation is 3. The predicted octanol–water partition coefficient (Wildman–Crippen LogP) is 3.28. The molecule has 2 saturated heterocycles. The standard InChI is InChI=1S/C18H29N3/c1-12-11-13(2)19-14(3)18(12)15(4)20-16-8-10-21-9-6-5-7-17(16)21/h11,15-17,20H,5-10H2,1-4H3. The number of aromatic nitrogens is 1. The molecule has 0 bridgehead atoms. The van der Waals surface area contributed by atoms with E-state index in [4.69, 9.17) is 0 Å². The molecule has 1 aromatic heterocycles. The minimum absolute atomic E-state index is 0.393. The van der Waals surface area contributed by atoms with Gasteiger partial charge in [0, 0.05) is 36.1 Å². The quantitative estimate of drug-likeness (QED) is 0.924. The SMILES string of the molecule is Cc1cc(C)c(C(C)NC2CCN3CCCCC23)c(C)n1. The van der Waals surface area contributed by atoms with Gasteiger partial charge in [0.05, 0.1) is 0 Å². The molecule has 3 heterocycles. The van der Waals surface area contributed by atoms with Crippen molar-refractivity contribution in [2.45, 2.75) is 71.5 Å². The van der Waals surface area contributed by atoms with Crippen LogP contribution >= 0.6 is 0 Å². The van der Waals surface area contributed by atoms with E-state index in [2.05, 4.69) is 49.0 Å². The lowest BCUT2D eigenvalue weighted by atomic mass is 9.95. The topological polar surface area (TPSA) is 28.2 Å². The number of rotatable bonds is 3. The van der Waals surface area contributed by atoms with Gasteiger partial charge < -0.3 is 5.32 Å². The number of piperidine rings is 1. The Balaban J connectivity index is 1.73. The molecule has 2 fully saturated rings. The highest BCUT2D eigenvalue weighted by molar-refractivity contribution is 5.33. The third-order valence-corrected chi connectivity index (χ3v) is 5.34. The van der Waals surface area contributed by atoms with Gasteiger partial charge in [-0.25, -0.2) is 0 Å². The van der Waals surface area contributed by atoms with Crippen LogP contribution in [0.5, 0.6) is 0 Å². The van der Waals surface area contributed by atoms with Crippen LogP contribution in [0.1, 0.15) is 61.2 Å². The summed E-state index contributed by atoms with van der Waals surface area (Å²) in [5, 5.41) is 3.91. The lowest BCUT2D eigenvalue weighted by molar-refractivity contribution is 0.177. The van der Waals surface area contributed by atoms with E-state index in [1.807, 2.05) is 0 Å². The summed E-state index contributed by atoms with van der Waals surface area (Å²) in [5.74, 6) is 0. The zero-order valence-electron chi connectivity index (χ0n) is 13.9. The van der Waals surface area contributed by atoms with Crippen LogP contribution in [0, 0.1) is 20.8 Å². The van der Waals surface area contributed by atoms with Crippen LogP contribution in [0.2, 0.25) is 0 Å². The fourth-order valence-electron chi connectivity index (χ4n) is 4.53. The van der Waals surface area contributed by atoms with Crippen LogP contribution in [0.25, 0.3) is 0 Å². The molecule has 3 heteroatoms. The van der Waals surface area contributed by atoms with Crippen molar-refractivity contribution >= 4 is 0 Å². The van der Waals surface area contributed by atoms with Crippen molar-refractivity contribution in [3.05, 3.63) is 28.6 Å². The van der Waals surface area contributed by atoms with E-state index in [0.717, 1.165) is 11.7 Å². The van der Waals surface area contributed by atoms with Gasteiger partial charge in [0.15, 0.2) is 0 Å². The van der Waals surface area contributed by atoms with Crippen molar-refractivity contribution in [2.75, 3.05) is 13.1 Å². The fourth-order valence-corrected chi connectivity index (χ4v) is 4.53. The van der Waals surface area contributed by atoms with E-state index in [1.54, 1.807) is 0 Å². The number of nitrogens with zero attached hydrogens (tertiary/aromatic N) is 2. The largest absolute Gasteiger partial charge is 0.306 e. The molecule has 0 aromatic carbocycles. The minimum atomic E-state index is 0.393. The minimum Gasteiger partial charge on any atom is -0.306 e. The van der Waals surface area contributed by atoms with Crippen LogP contribution in [-0.4, -0.2) is 35.1 Å². The molecule has 1 N–H and O–H groups in total. The Kier molecular flexibility index (Phi) is 4.32. The van der Waals surface area contributed by atoms with Crippen LogP contribution < -0.4 is 5.32 Å². The number of nitrogens with one attached hydrogen (secondary N) is 1. The molecule has 2 aliphatic heterocycles. The van der Waals surface area contributed by atoms with Crippen molar-refractivity contribution in [2.24, 2.45) is 0 Å². The zero-order valence-corrected chi connectivity index (χ0v) is 13.9. The molecule has 0 radical (unpaired) electrons. The van der Waals surface area contributed by atoms with Crippen molar-refractivity contribution in [1.82, 2.24) is 15.2 Å². The average Bonchev–Trinajstić information content (AvgIpc) is 2.81. The Bertz CT molecular complexity index is 488. The summed E-state index contributed by atoms with van der Waals surface area (Å²) in [6.45, 7) is 11.3. The van der Waals surface area contributed by atoms with Crippen molar-refractivity contribution in [3.63, 3.8) is 0 Å².